The van der Waals surface area contributed by atoms with Crippen molar-refractivity contribution in [2.45, 2.75) is 31.2 Å². The van der Waals surface area contributed by atoms with Gasteiger partial charge in [-0.15, -0.1) is 5.10 Å². The summed E-state index contributed by atoms with van der Waals surface area (Å²) in [5, 5.41) is 5.95. The third-order valence-corrected chi connectivity index (χ3v) is 6.05. The highest BCUT2D eigenvalue weighted by molar-refractivity contribution is 8.00. The number of carbonyl (C=O) groups excluding carboxylic acids is 1. The van der Waals surface area contributed by atoms with E-state index in [0.717, 1.165) is 49.3 Å². The zero-order valence-electron chi connectivity index (χ0n) is 15.9. The average molecular weight is 385 g/mol. The van der Waals surface area contributed by atoms with Crippen LogP contribution in [0.4, 0.5) is 0 Å². The fraction of sp³-hybridized carbons (Fsp3) is 0.474. The highest BCUT2D eigenvalue weighted by atomic mass is 32.2. The first-order valence-corrected chi connectivity index (χ1v) is 10.2. The van der Waals surface area contributed by atoms with Crippen LogP contribution in [0.15, 0.2) is 29.4 Å². The Hall–Kier alpha value is -2.19. The molecule has 1 atom stereocenters. The molecule has 1 unspecified atom stereocenters. The van der Waals surface area contributed by atoms with Crippen molar-refractivity contribution in [3.8, 4) is 0 Å². The Balaban J connectivity index is 1.59. The minimum atomic E-state index is -0.223. The fourth-order valence-electron chi connectivity index (χ4n) is 3.46. The number of aromatic nitrogens is 4. The summed E-state index contributed by atoms with van der Waals surface area (Å²) in [6.07, 6.45) is 0. The second-order valence-electron chi connectivity index (χ2n) is 6.83. The molecule has 0 radical (unpaired) electrons. The Bertz CT molecular complexity index is 979. The van der Waals surface area contributed by atoms with Gasteiger partial charge in [-0.1, -0.05) is 30.8 Å². The molecular weight excluding hydrogens is 360 g/mol. The van der Waals surface area contributed by atoms with Crippen LogP contribution in [0.2, 0.25) is 0 Å². The molecule has 2 aromatic heterocycles. The van der Waals surface area contributed by atoms with E-state index in [4.69, 9.17) is 4.98 Å². The number of benzene rings is 1. The number of para-hydroxylation sites is 1. The van der Waals surface area contributed by atoms with E-state index < -0.39 is 0 Å². The predicted molar refractivity (Wildman–Crippen MR) is 107 cm³/mol. The van der Waals surface area contributed by atoms with E-state index in [1.807, 2.05) is 43.0 Å². The summed E-state index contributed by atoms with van der Waals surface area (Å²) < 4.78 is 1.77. The molecule has 0 saturated carbocycles. The number of piperazine rings is 1. The molecule has 1 fully saturated rings. The first-order chi connectivity index (χ1) is 13.1. The quantitative estimate of drug-likeness (QED) is 0.508. The lowest BCUT2D eigenvalue weighted by Gasteiger charge is -2.35. The lowest BCUT2D eigenvalue weighted by atomic mass is 10.2. The number of rotatable bonds is 4. The van der Waals surface area contributed by atoms with Crippen LogP contribution in [-0.2, 0) is 4.79 Å². The third kappa shape index (κ3) is 3.51. The van der Waals surface area contributed by atoms with Crippen molar-refractivity contribution in [1.29, 1.82) is 0 Å². The molecule has 0 aliphatic carbocycles. The van der Waals surface area contributed by atoms with Crippen LogP contribution in [0.1, 0.15) is 19.7 Å². The third-order valence-electron chi connectivity index (χ3n) is 5.02. The molecular formula is C19H24N6OS. The molecule has 3 heterocycles. The van der Waals surface area contributed by atoms with Crippen molar-refractivity contribution in [1.82, 2.24) is 29.4 Å². The van der Waals surface area contributed by atoms with Crippen LogP contribution in [0, 0.1) is 6.92 Å². The van der Waals surface area contributed by atoms with E-state index in [2.05, 4.69) is 21.9 Å². The van der Waals surface area contributed by atoms with Crippen LogP contribution in [0.3, 0.4) is 0 Å². The first-order valence-electron chi connectivity index (χ1n) is 9.36. The first kappa shape index (κ1) is 18.2. The Morgan fingerprint density at radius 2 is 1.93 bits per heavy atom. The van der Waals surface area contributed by atoms with Crippen molar-refractivity contribution in [2.75, 3.05) is 32.7 Å². The number of nitrogens with zero attached hydrogens (tertiary/aromatic N) is 6. The monoisotopic (exact) mass is 384 g/mol. The van der Waals surface area contributed by atoms with Crippen LogP contribution in [0.5, 0.6) is 0 Å². The second kappa shape index (κ2) is 7.44. The number of amides is 1. The summed E-state index contributed by atoms with van der Waals surface area (Å²) in [5.41, 5.74) is 1.66. The summed E-state index contributed by atoms with van der Waals surface area (Å²) in [7, 11) is 0. The number of carbonyl (C=O) groups is 1. The minimum Gasteiger partial charge on any atom is -0.339 e. The minimum absolute atomic E-state index is 0.163. The van der Waals surface area contributed by atoms with Gasteiger partial charge in [-0.3, -0.25) is 4.79 Å². The maximum absolute atomic E-state index is 12.9. The SMILES string of the molecule is CCN1CCN(C(=O)C(C)Sc2nc3ccccc3c3nc(C)nn23)CC1. The molecule has 27 heavy (non-hydrogen) atoms. The number of fused-ring (bicyclic) bond motifs is 3. The van der Waals surface area contributed by atoms with Crippen LogP contribution < -0.4 is 0 Å². The molecule has 0 bridgehead atoms. The summed E-state index contributed by atoms with van der Waals surface area (Å²) >= 11 is 1.45. The summed E-state index contributed by atoms with van der Waals surface area (Å²) in [5.74, 6) is 0.861. The van der Waals surface area contributed by atoms with E-state index in [-0.39, 0.29) is 11.2 Å². The maximum Gasteiger partial charge on any atom is 0.235 e. The molecule has 3 aromatic rings. The number of hydrogen-bond acceptors (Lipinski definition) is 6. The van der Waals surface area contributed by atoms with E-state index >= 15 is 0 Å². The molecule has 1 amide bonds. The average Bonchev–Trinajstić information content (AvgIpc) is 3.09. The van der Waals surface area contributed by atoms with Gasteiger partial charge in [0.1, 0.15) is 5.82 Å². The molecule has 0 N–H and O–H groups in total. The molecule has 4 rings (SSSR count). The fourth-order valence-corrected chi connectivity index (χ4v) is 4.40. The molecule has 1 aliphatic heterocycles. The molecule has 1 saturated heterocycles. The van der Waals surface area contributed by atoms with Crippen LogP contribution in [-0.4, -0.2) is 73.3 Å². The van der Waals surface area contributed by atoms with Gasteiger partial charge < -0.3 is 9.80 Å². The van der Waals surface area contributed by atoms with E-state index in [1.165, 1.54) is 11.8 Å². The highest BCUT2D eigenvalue weighted by Gasteiger charge is 2.26. The van der Waals surface area contributed by atoms with Gasteiger partial charge in [-0.25, -0.2) is 9.97 Å². The largest absolute Gasteiger partial charge is 0.339 e. The molecule has 8 heteroatoms. The van der Waals surface area contributed by atoms with Gasteiger partial charge in [0.25, 0.3) is 0 Å². The van der Waals surface area contributed by atoms with Crippen LogP contribution in [0.25, 0.3) is 16.6 Å². The number of likely N-dealkylation sites (N-methyl/N-ethyl adjacent to an activating group) is 1. The van der Waals surface area contributed by atoms with Gasteiger partial charge in [0.05, 0.1) is 10.8 Å². The molecule has 7 nitrogen and oxygen atoms in total. The molecule has 142 valence electrons. The van der Waals surface area contributed by atoms with Gasteiger partial charge in [-0.05, 0) is 32.5 Å². The van der Waals surface area contributed by atoms with Gasteiger partial charge in [0, 0.05) is 31.6 Å². The Morgan fingerprint density at radius 1 is 1.19 bits per heavy atom. The van der Waals surface area contributed by atoms with Gasteiger partial charge in [0.15, 0.2) is 10.8 Å². The van der Waals surface area contributed by atoms with Crippen molar-refractivity contribution in [2.24, 2.45) is 0 Å². The van der Waals surface area contributed by atoms with Crippen molar-refractivity contribution in [3.63, 3.8) is 0 Å². The predicted octanol–water partition coefficient (Wildman–Crippen LogP) is 2.23. The van der Waals surface area contributed by atoms with E-state index in [9.17, 15) is 4.79 Å². The summed E-state index contributed by atoms with van der Waals surface area (Å²) in [6, 6.07) is 7.91. The van der Waals surface area contributed by atoms with Gasteiger partial charge in [0.2, 0.25) is 5.91 Å². The Kier molecular flexibility index (Phi) is 5.01. The second-order valence-corrected chi connectivity index (χ2v) is 8.13. The van der Waals surface area contributed by atoms with Crippen LogP contribution >= 0.6 is 11.8 Å². The number of thioether (sulfide) groups is 1. The van der Waals surface area contributed by atoms with Gasteiger partial charge in [-0.2, -0.15) is 4.52 Å². The lowest BCUT2D eigenvalue weighted by molar-refractivity contribution is -0.132. The molecule has 1 aliphatic rings. The smallest absolute Gasteiger partial charge is 0.235 e. The topological polar surface area (TPSA) is 66.6 Å². The lowest BCUT2D eigenvalue weighted by Crippen LogP contribution is -2.50. The van der Waals surface area contributed by atoms with E-state index in [1.54, 1.807) is 4.52 Å². The molecule has 0 spiro atoms. The molecule has 1 aromatic carbocycles. The summed E-state index contributed by atoms with van der Waals surface area (Å²) in [4.78, 5) is 26.6. The van der Waals surface area contributed by atoms with Gasteiger partial charge >= 0.3 is 0 Å². The van der Waals surface area contributed by atoms with E-state index in [0.29, 0.717) is 11.0 Å². The number of hydrogen-bond donors (Lipinski definition) is 0. The Labute approximate surface area is 162 Å². The van der Waals surface area contributed by atoms with Crippen molar-refractivity contribution in [3.05, 3.63) is 30.1 Å². The Morgan fingerprint density at radius 3 is 2.67 bits per heavy atom. The van der Waals surface area contributed by atoms with Crippen molar-refractivity contribution >= 4 is 34.2 Å². The summed E-state index contributed by atoms with van der Waals surface area (Å²) in [6.45, 7) is 10.5. The maximum atomic E-state index is 12.9. The highest BCUT2D eigenvalue weighted by Crippen LogP contribution is 2.27. The van der Waals surface area contributed by atoms with Crippen molar-refractivity contribution < 1.29 is 4.79 Å². The normalized spacial score (nSPS) is 16.9. The number of aryl methyl sites for hydroxylation is 1. The standard InChI is InChI=1S/C19H24N6OS/c1-4-23-9-11-24(12-10-23)18(26)13(2)27-19-21-16-8-6-5-7-15(16)17-20-14(3)22-25(17)19/h5-8,13H,4,9-12H2,1-3H3. The zero-order chi connectivity index (χ0) is 19.0. The zero-order valence-corrected chi connectivity index (χ0v) is 16.7.